The van der Waals surface area contributed by atoms with Gasteiger partial charge in [-0.1, -0.05) is 31.5 Å². The van der Waals surface area contributed by atoms with Crippen LogP contribution in [0.5, 0.6) is 0 Å². The fraction of sp³-hybridized carbons (Fsp3) is 0.500. The second-order valence-corrected chi connectivity index (χ2v) is 4.21. The van der Waals surface area contributed by atoms with Crippen molar-refractivity contribution in [2.24, 2.45) is 0 Å². The third kappa shape index (κ3) is 3.18. The molecule has 0 saturated carbocycles. The summed E-state index contributed by atoms with van der Waals surface area (Å²) in [6, 6.07) is 4.91. The van der Waals surface area contributed by atoms with Crippen molar-refractivity contribution in [3.8, 4) is 0 Å². The molecule has 15 heavy (non-hydrogen) atoms. The number of halogens is 2. The van der Waals surface area contributed by atoms with E-state index in [4.69, 9.17) is 11.6 Å². The second-order valence-electron chi connectivity index (χ2n) is 3.80. The third-order valence-corrected chi connectivity index (χ3v) is 3.06. The molecule has 1 aromatic carbocycles. The van der Waals surface area contributed by atoms with E-state index in [0.717, 1.165) is 12.1 Å². The fourth-order valence-electron chi connectivity index (χ4n) is 1.64. The molecule has 0 aromatic heterocycles. The van der Waals surface area contributed by atoms with E-state index in [1.807, 2.05) is 0 Å². The molecule has 1 rings (SSSR count). The summed E-state index contributed by atoms with van der Waals surface area (Å²) < 4.78 is 12.9. The van der Waals surface area contributed by atoms with Gasteiger partial charge in [-0.3, -0.25) is 0 Å². The van der Waals surface area contributed by atoms with E-state index in [1.54, 1.807) is 6.07 Å². The number of rotatable bonds is 4. The summed E-state index contributed by atoms with van der Waals surface area (Å²) in [4.78, 5) is 0. The molecular weight excluding hydrogens is 213 g/mol. The van der Waals surface area contributed by atoms with Crippen molar-refractivity contribution < 1.29 is 4.39 Å². The van der Waals surface area contributed by atoms with Crippen LogP contribution in [0.15, 0.2) is 18.2 Å². The molecule has 0 radical (unpaired) electrons. The molecule has 0 aliphatic heterocycles. The standard InChI is InChI=1S/C12H17ClFN/c1-4-15-9(3)8(2)11-6-5-10(14)7-12(11)13/h5-9,15H,4H2,1-3H3. The van der Waals surface area contributed by atoms with Crippen molar-refractivity contribution in [2.45, 2.75) is 32.7 Å². The van der Waals surface area contributed by atoms with Crippen LogP contribution in [0.2, 0.25) is 5.02 Å². The van der Waals surface area contributed by atoms with E-state index >= 15 is 0 Å². The number of likely N-dealkylation sites (N-methyl/N-ethyl adjacent to an activating group) is 1. The first-order valence-electron chi connectivity index (χ1n) is 5.24. The Labute approximate surface area is 95.6 Å². The molecule has 0 heterocycles. The lowest BCUT2D eigenvalue weighted by Crippen LogP contribution is -2.30. The van der Waals surface area contributed by atoms with Gasteiger partial charge in [-0.25, -0.2) is 4.39 Å². The molecule has 0 aliphatic rings. The third-order valence-electron chi connectivity index (χ3n) is 2.73. The van der Waals surface area contributed by atoms with Gasteiger partial charge in [0.15, 0.2) is 0 Å². The van der Waals surface area contributed by atoms with Crippen molar-refractivity contribution in [3.05, 3.63) is 34.6 Å². The SMILES string of the molecule is CCNC(C)C(C)c1ccc(F)cc1Cl. The molecule has 0 amide bonds. The van der Waals surface area contributed by atoms with Gasteiger partial charge >= 0.3 is 0 Å². The summed E-state index contributed by atoms with van der Waals surface area (Å²) in [6.07, 6.45) is 0. The summed E-state index contributed by atoms with van der Waals surface area (Å²) in [7, 11) is 0. The number of benzene rings is 1. The zero-order valence-corrected chi connectivity index (χ0v) is 10.1. The number of hydrogen-bond acceptors (Lipinski definition) is 1. The van der Waals surface area contributed by atoms with Crippen LogP contribution in [0.3, 0.4) is 0 Å². The minimum Gasteiger partial charge on any atom is -0.314 e. The maximum absolute atomic E-state index is 12.9. The van der Waals surface area contributed by atoms with E-state index < -0.39 is 0 Å². The minimum absolute atomic E-state index is 0.276. The van der Waals surface area contributed by atoms with Crippen LogP contribution in [-0.4, -0.2) is 12.6 Å². The average Bonchev–Trinajstić information content (AvgIpc) is 2.17. The summed E-state index contributed by atoms with van der Waals surface area (Å²) in [6.45, 7) is 7.18. The van der Waals surface area contributed by atoms with Gasteiger partial charge in [0, 0.05) is 11.1 Å². The van der Waals surface area contributed by atoms with Gasteiger partial charge in [0.1, 0.15) is 5.82 Å². The van der Waals surface area contributed by atoms with Crippen molar-refractivity contribution in [3.63, 3.8) is 0 Å². The van der Waals surface area contributed by atoms with Crippen molar-refractivity contribution in [1.29, 1.82) is 0 Å². The van der Waals surface area contributed by atoms with Crippen molar-refractivity contribution in [2.75, 3.05) is 6.54 Å². The van der Waals surface area contributed by atoms with Crippen LogP contribution in [0.4, 0.5) is 4.39 Å². The van der Waals surface area contributed by atoms with Crippen LogP contribution in [0.1, 0.15) is 32.3 Å². The molecule has 0 fully saturated rings. The minimum atomic E-state index is -0.285. The van der Waals surface area contributed by atoms with Gasteiger partial charge in [-0.15, -0.1) is 0 Å². The predicted molar refractivity (Wildman–Crippen MR) is 63.0 cm³/mol. The molecule has 1 aromatic rings. The first kappa shape index (κ1) is 12.5. The molecule has 84 valence electrons. The topological polar surface area (TPSA) is 12.0 Å². The highest BCUT2D eigenvalue weighted by Crippen LogP contribution is 2.27. The van der Waals surface area contributed by atoms with Gasteiger partial charge in [-0.2, -0.15) is 0 Å². The molecule has 2 unspecified atom stereocenters. The molecule has 1 N–H and O–H groups in total. The maximum Gasteiger partial charge on any atom is 0.124 e. The first-order valence-corrected chi connectivity index (χ1v) is 5.62. The summed E-state index contributed by atoms with van der Waals surface area (Å²) in [5, 5.41) is 3.84. The zero-order valence-electron chi connectivity index (χ0n) is 9.35. The van der Waals surface area contributed by atoms with Crippen LogP contribution in [-0.2, 0) is 0 Å². The molecule has 0 aliphatic carbocycles. The normalized spacial score (nSPS) is 15.0. The first-order chi connectivity index (χ1) is 7.06. The monoisotopic (exact) mass is 229 g/mol. The Kier molecular flexibility index (Phi) is 4.55. The Bertz CT molecular complexity index is 327. The van der Waals surface area contributed by atoms with Crippen molar-refractivity contribution >= 4 is 11.6 Å². The Morgan fingerprint density at radius 3 is 2.60 bits per heavy atom. The van der Waals surface area contributed by atoms with Crippen LogP contribution in [0.25, 0.3) is 0 Å². The van der Waals surface area contributed by atoms with E-state index in [9.17, 15) is 4.39 Å². The van der Waals surface area contributed by atoms with E-state index in [0.29, 0.717) is 11.1 Å². The molecular formula is C12H17ClFN. The predicted octanol–water partition coefficient (Wildman–Crippen LogP) is 3.58. The van der Waals surface area contributed by atoms with Gasteiger partial charge in [0.25, 0.3) is 0 Å². The lowest BCUT2D eigenvalue weighted by molar-refractivity contribution is 0.494. The quantitative estimate of drug-likeness (QED) is 0.832. The molecule has 0 saturated heterocycles. The lowest BCUT2D eigenvalue weighted by Gasteiger charge is -2.22. The van der Waals surface area contributed by atoms with Gasteiger partial charge in [0.2, 0.25) is 0 Å². The van der Waals surface area contributed by atoms with Crippen LogP contribution >= 0.6 is 11.6 Å². The summed E-state index contributed by atoms with van der Waals surface area (Å²) in [5.74, 6) is -0.00916. The average molecular weight is 230 g/mol. The molecule has 2 atom stereocenters. The van der Waals surface area contributed by atoms with E-state index in [2.05, 4.69) is 26.1 Å². The highest BCUT2D eigenvalue weighted by Gasteiger charge is 2.16. The van der Waals surface area contributed by atoms with E-state index in [1.165, 1.54) is 12.1 Å². The number of hydrogen-bond donors (Lipinski definition) is 1. The molecule has 1 nitrogen and oxygen atoms in total. The molecule has 0 spiro atoms. The smallest absolute Gasteiger partial charge is 0.124 e. The highest BCUT2D eigenvalue weighted by molar-refractivity contribution is 6.31. The maximum atomic E-state index is 12.9. The molecule has 3 heteroatoms. The summed E-state index contributed by atoms with van der Waals surface area (Å²) >= 11 is 6.00. The van der Waals surface area contributed by atoms with Gasteiger partial charge in [0.05, 0.1) is 0 Å². The Hall–Kier alpha value is -0.600. The largest absolute Gasteiger partial charge is 0.314 e. The van der Waals surface area contributed by atoms with Crippen molar-refractivity contribution in [1.82, 2.24) is 5.32 Å². The Morgan fingerprint density at radius 2 is 2.07 bits per heavy atom. The zero-order chi connectivity index (χ0) is 11.4. The Balaban J connectivity index is 2.86. The van der Waals surface area contributed by atoms with E-state index in [-0.39, 0.29) is 11.7 Å². The van der Waals surface area contributed by atoms with Crippen LogP contribution in [0, 0.1) is 5.82 Å². The Morgan fingerprint density at radius 1 is 1.40 bits per heavy atom. The fourth-order valence-corrected chi connectivity index (χ4v) is 1.98. The number of nitrogens with one attached hydrogen (secondary N) is 1. The van der Waals surface area contributed by atoms with Crippen LogP contribution < -0.4 is 5.32 Å². The van der Waals surface area contributed by atoms with Gasteiger partial charge < -0.3 is 5.32 Å². The molecule has 0 bridgehead atoms. The van der Waals surface area contributed by atoms with Gasteiger partial charge in [-0.05, 0) is 37.1 Å². The highest BCUT2D eigenvalue weighted by atomic mass is 35.5. The lowest BCUT2D eigenvalue weighted by atomic mass is 9.94. The summed E-state index contributed by atoms with van der Waals surface area (Å²) in [5.41, 5.74) is 0.992. The second kappa shape index (κ2) is 5.47.